The van der Waals surface area contributed by atoms with E-state index in [1.54, 1.807) is 13.3 Å². The number of nitrogens with zero attached hydrogens (tertiary/aromatic N) is 6. The van der Waals surface area contributed by atoms with Crippen molar-refractivity contribution in [2.45, 2.75) is 32.7 Å². The summed E-state index contributed by atoms with van der Waals surface area (Å²) in [4.78, 5) is 32.5. The molecular formula is C31H44N8O2. The van der Waals surface area contributed by atoms with E-state index < -0.39 is 0 Å². The first-order chi connectivity index (χ1) is 20.1. The number of hydrogen-bond donors (Lipinski definition) is 2. The second-order valence-corrected chi connectivity index (χ2v) is 10.4. The van der Waals surface area contributed by atoms with E-state index in [1.165, 1.54) is 5.56 Å². The smallest absolute Gasteiger partial charge is 0.225 e. The van der Waals surface area contributed by atoms with Crippen LogP contribution in [0.5, 0.6) is 0 Å². The van der Waals surface area contributed by atoms with E-state index in [4.69, 9.17) is 10.5 Å². The van der Waals surface area contributed by atoms with Gasteiger partial charge in [0.2, 0.25) is 5.95 Å². The summed E-state index contributed by atoms with van der Waals surface area (Å²) in [5.74, 6) is 1.79. The Hall–Kier alpha value is -3.44. The maximum Gasteiger partial charge on any atom is 0.225 e. The summed E-state index contributed by atoms with van der Waals surface area (Å²) < 4.78 is 5.20. The number of nitrogens with one attached hydrogen (secondary N) is 1. The number of aromatic nitrogens is 3. The highest BCUT2D eigenvalue weighted by Gasteiger charge is 2.18. The molecule has 3 N–H and O–H groups in total. The lowest BCUT2D eigenvalue weighted by atomic mass is 10.1. The number of anilines is 3. The molecule has 0 amide bonds. The van der Waals surface area contributed by atoms with E-state index in [-0.39, 0.29) is 0 Å². The number of piperazine rings is 1. The average Bonchev–Trinajstić information content (AvgIpc) is 3.00. The third-order valence-electron chi connectivity index (χ3n) is 7.29. The first kappa shape index (κ1) is 30.5. The van der Waals surface area contributed by atoms with Crippen LogP contribution in [0.2, 0.25) is 0 Å². The maximum atomic E-state index is 11.8. The lowest BCUT2D eigenvalue weighted by molar-refractivity contribution is -0.120. The summed E-state index contributed by atoms with van der Waals surface area (Å²) in [6, 6.07) is 12.5. The van der Waals surface area contributed by atoms with E-state index in [9.17, 15) is 4.79 Å². The molecule has 1 saturated heterocycles. The molecule has 0 spiro atoms. The Balaban J connectivity index is 1.35. The predicted molar refractivity (Wildman–Crippen MR) is 164 cm³/mol. The van der Waals surface area contributed by atoms with Crippen LogP contribution in [-0.2, 0) is 16.1 Å². The van der Waals surface area contributed by atoms with Crippen molar-refractivity contribution in [2.24, 2.45) is 5.73 Å². The number of carbonyl (C=O) groups excluding carboxylic acids is 1. The Morgan fingerprint density at radius 3 is 2.49 bits per heavy atom. The minimum Gasteiger partial charge on any atom is -0.385 e. The van der Waals surface area contributed by atoms with Crippen molar-refractivity contribution in [1.29, 1.82) is 0 Å². The number of nitrogens with two attached hydrogens (primary N) is 1. The van der Waals surface area contributed by atoms with Crippen LogP contribution in [0.1, 0.15) is 31.7 Å². The fourth-order valence-electron chi connectivity index (χ4n) is 4.93. The van der Waals surface area contributed by atoms with Gasteiger partial charge in [0.1, 0.15) is 11.6 Å². The van der Waals surface area contributed by atoms with E-state index in [2.05, 4.69) is 59.2 Å². The predicted octanol–water partition coefficient (Wildman–Crippen LogP) is 3.57. The van der Waals surface area contributed by atoms with Gasteiger partial charge in [-0.3, -0.25) is 14.6 Å². The van der Waals surface area contributed by atoms with Gasteiger partial charge in [0.25, 0.3) is 0 Å². The van der Waals surface area contributed by atoms with Gasteiger partial charge in [-0.25, -0.2) is 15.0 Å². The third-order valence-corrected chi connectivity index (χ3v) is 7.29. The molecule has 3 heterocycles. The van der Waals surface area contributed by atoms with Gasteiger partial charge >= 0.3 is 0 Å². The molecule has 41 heavy (non-hydrogen) atoms. The summed E-state index contributed by atoms with van der Waals surface area (Å²) in [5, 5.41) is 3.46. The summed E-state index contributed by atoms with van der Waals surface area (Å²) >= 11 is 0. The zero-order chi connectivity index (χ0) is 28.9. The van der Waals surface area contributed by atoms with Gasteiger partial charge in [0, 0.05) is 95.8 Å². The molecule has 220 valence electrons. The number of ketones is 1. The van der Waals surface area contributed by atoms with Crippen LogP contribution in [0.15, 0.2) is 55.0 Å². The van der Waals surface area contributed by atoms with E-state index in [0.717, 1.165) is 81.3 Å². The Morgan fingerprint density at radius 2 is 1.76 bits per heavy atom. The number of methoxy groups -OCH3 is 1. The molecule has 0 bridgehead atoms. The number of Topliss-reactive ketones (excluding diaryl/α,β-unsaturated/α-hetero) is 1. The first-order valence-electron chi connectivity index (χ1n) is 14.6. The standard InChI is InChI=1S/C31H44N8O2/c1-3-29(40)24-38-16-14-37(15-17-38)23-25-7-4-8-28(19-25)36-30-20-26(9-11-33-30)27-21-34-31(35-22-27)39(12-5-10-32)13-6-18-41-2/h4,7-9,11,19-22H,3,5-6,10,12-18,23-24,32H2,1-2H3,(H,33,36). The lowest BCUT2D eigenvalue weighted by Crippen LogP contribution is -2.47. The molecule has 1 aliphatic rings. The van der Waals surface area contributed by atoms with Gasteiger partial charge < -0.3 is 20.7 Å². The quantitative estimate of drug-likeness (QED) is 0.252. The van der Waals surface area contributed by atoms with E-state index in [1.807, 2.05) is 31.5 Å². The topological polar surface area (TPSA) is 113 Å². The molecule has 0 atom stereocenters. The van der Waals surface area contributed by atoms with Crippen LogP contribution >= 0.6 is 0 Å². The van der Waals surface area contributed by atoms with Crippen LogP contribution < -0.4 is 16.0 Å². The lowest BCUT2D eigenvalue weighted by Gasteiger charge is -2.34. The van der Waals surface area contributed by atoms with Crippen molar-refractivity contribution in [2.75, 3.05) is 76.3 Å². The molecule has 3 aromatic rings. The van der Waals surface area contributed by atoms with Crippen molar-refractivity contribution in [3.05, 3.63) is 60.6 Å². The highest BCUT2D eigenvalue weighted by Crippen LogP contribution is 2.24. The largest absolute Gasteiger partial charge is 0.385 e. The van der Waals surface area contributed by atoms with Crippen molar-refractivity contribution < 1.29 is 9.53 Å². The van der Waals surface area contributed by atoms with Crippen molar-refractivity contribution in [1.82, 2.24) is 24.8 Å². The van der Waals surface area contributed by atoms with Crippen molar-refractivity contribution in [3.8, 4) is 11.1 Å². The van der Waals surface area contributed by atoms with Gasteiger partial charge in [-0.15, -0.1) is 0 Å². The van der Waals surface area contributed by atoms with Crippen LogP contribution in [0, 0.1) is 0 Å². The van der Waals surface area contributed by atoms with Crippen molar-refractivity contribution >= 4 is 23.2 Å². The number of carbonyl (C=O) groups is 1. The summed E-state index contributed by atoms with van der Waals surface area (Å²) in [5.41, 5.74) is 9.91. The number of pyridine rings is 1. The fourth-order valence-corrected chi connectivity index (χ4v) is 4.93. The number of hydrogen-bond acceptors (Lipinski definition) is 10. The van der Waals surface area contributed by atoms with Crippen LogP contribution in [-0.4, -0.2) is 96.6 Å². The first-order valence-corrected chi connectivity index (χ1v) is 14.6. The molecule has 10 heteroatoms. The van der Waals surface area contributed by atoms with Gasteiger partial charge in [-0.1, -0.05) is 19.1 Å². The van der Waals surface area contributed by atoms with Gasteiger partial charge in [-0.2, -0.15) is 0 Å². The molecule has 4 rings (SSSR count). The fraction of sp³-hybridized carbons (Fsp3) is 0.484. The molecule has 0 unspecified atom stereocenters. The van der Waals surface area contributed by atoms with Crippen LogP contribution in [0.3, 0.4) is 0 Å². The molecule has 1 aromatic carbocycles. The summed E-state index contributed by atoms with van der Waals surface area (Å²) in [6.45, 7) is 10.2. The Bertz CT molecular complexity index is 1210. The van der Waals surface area contributed by atoms with Gasteiger partial charge in [0.05, 0.1) is 6.54 Å². The normalized spacial score (nSPS) is 14.2. The van der Waals surface area contributed by atoms with E-state index in [0.29, 0.717) is 37.8 Å². The van der Waals surface area contributed by atoms with Crippen LogP contribution in [0.25, 0.3) is 11.1 Å². The minimum absolute atomic E-state index is 0.318. The molecule has 2 aromatic heterocycles. The molecule has 1 aliphatic heterocycles. The second kappa shape index (κ2) is 16.1. The van der Waals surface area contributed by atoms with Crippen molar-refractivity contribution in [3.63, 3.8) is 0 Å². The molecule has 1 fully saturated rings. The molecule has 0 aliphatic carbocycles. The number of benzene rings is 1. The second-order valence-electron chi connectivity index (χ2n) is 10.4. The molecular weight excluding hydrogens is 516 g/mol. The number of rotatable bonds is 16. The van der Waals surface area contributed by atoms with Gasteiger partial charge in [-0.05, 0) is 54.8 Å². The highest BCUT2D eigenvalue weighted by molar-refractivity contribution is 5.80. The Labute approximate surface area is 243 Å². The SMILES string of the molecule is CCC(=O)CN1CCN(Cc2cccc(Nc3cc(-c4cnc(N(CCCN)CCCOC)nc4)ccn3)c2)CC1. The molecule has 0 radical (unpaired) electrons. The average molecular weight is 561 g/mol. The highest BCUT2D eigenvalue weighted by atomic mass is 16.5. The molecule has 10 nitrogen and oxygen atoms in total. The zero-order valence-electron chi connectivity index (χ0n) is 24.5. The summed E-state index contributed by atoms with van der Waals surface area (Å²) in [6.07, 6.45) is 7.94. The van der Waals surface area contributed by atoms with E-state index >= 15 is 0 Å². The number of ether oxygens (including phenoxy) is 1. The Morgan fingerprint density at radius 1 is 1.00 bits per heavy atom. The molecule has 0 saturated carbocycles. The zero-order valence-corrected chi connectivity index (χ0v) is 24.5. The Kier molecular flexibility index (Phi) is 12.0. The third kappa shape index (κ3) is 9.57. The minimum atomic E-state index is 0.318. The van der Waals surface area contributed by atoms with Gasteiger partial charge in [0.15, 0.2) is 0 Å². The van der Waals surface area contributed by atoms with Crippen LogP contribution in [0.4, 0.5) is 17.5 Å². The summed E-state index contributed by atoms with van der Waals surface area (Å²) in [7, 11) is 1.72. The maximum absolute atomic E-state index is 11.8. The monoisotopic (exact) mass is 560 g/mol.